The normalized spacial score (nSPS) is 11.1. The number of halogens is 1. The quantitative estimate of drug-likeness (QED) is 0.482. The number of carboxylic acids is 1. The molecular formula is C23H16ClN3O2. The van der Waals surface area contributed by atoms with E-state index in [9.17, 15) is 4.79 Å². The Hall–Kier alpha value is -3.70. The highest BCUT2D eigenvalue weighted by atomic mass is 35.5. The van der Waals surface area contributed by atoms with E-state index in [1.807, 2.05) is 71.6 Å². The van der Waals surface area contributed by atoms with Crippen LogP contribution in [-0.2, 0) is 0 Å². The van der Waals surface area contributed by atoms with Gasteiger partial charge < -0.3 is 5.11 Å². The maximum atomic E-state index is 11.2. The van der Waals surface area contributed by atoms with Crippen LogP contribution >= 0.6 is 11.6 Å². The summed E-state index contributed by atoms with van der Waals surface area (Å²) in [5.74, 6) is -0.985. The molecule has 0 atom stereocenters. The summed E-state index contributed by atoms with van der Waals surface area (Å²) in [6.45, 7) is 0. The maximum Gasteiger partial charge on any atom is 0.335 e. The number of hydrogen-bond donors (Lipinski definition) is 1. The second-order valence-corrected chi connectivity index (χ2v) is 6.76. The lowest BCUT2D eigenvalue weighted by atomic mass is 10.1. The molecule has 4 rings (SSSR count). The number of nitrogens with zero attached hydrogens (tertiary/aromatic N) is 3. The van der Waals surface area contributed by atoms with Crippen molar-refractivity contribution in [2.24, 2.45) is 0 Å². The van der Waals surface area contributed by atoms with E-state index in [1.165, 1.54) is 18.3 Å². The van der Waals surface area contributed by atoms with Gasteiger partial charge in [-0.2, -0.15) is 5.10 Å². The average molecular weight is 402 g/mol. The lowest BCUT2D eigenvalue weighted by molar-refractivity contribution is 0.0696. The first-order chi connectivity index (χ1) is 14.1. The average Bonchev–Trinajstić information content (AvgIpc) is 3.18. The standard InChI is InChI=1S/C23H16ClN3O2/c24-19-9-6-16(7-10-19)22-18(15-27(26-22)21-4-2-1-3-5-21)8-11-20-14-17(23(28)29)12-13-25-20/h1-15H,(H,28,29)/b11-8+. The summed E-state index contributed by atoms with van der Waals surface area (Å²) < 4.78 is 1.81. The fourth-order valence-corrected chi connectivity index (χ4v) is 3.03. The molecule has 2 aromatic heterocycles. The van der Waals surface area contributed by atoms with Gasteiger partial charge in [0.25, 0.3) is 0 Å². The molecule has 0 saturated carbocycles. The third-order valence-electron chi connectivity index (χ3n) is 4.34. The van der Waals surface area contributed by atoms with E-state index < -0.39 is 5.97 Å². The Morgan fingerprint density at radius 2 is 1.76 bits per heavy atom. The van der Waals surface area contributed by atoms with E-state index in [0.29, 0.717) is 10.7 Å². The van der Waals surface area contributed by atoms with Crippen molar-refractivity contribution in [2.75, 3.05) is 0 Å². The zero-order chi connectivity index (χ0) is 20.2. The second-order valence-electron chi connectivity index (χ2n) is 6.33. The van der Waals surface area contributed by atoms with E-state index in [0.717, 1.165) is 22.5 Å². The van der Waals surface area contributed by atoms with Gasteiger partial charge in [0, 0.05) is 28.5 Å². The highest BCUT2D eigenvalue weighted by Gasteiger charge is 2.11. The van der Waals surface area contributed by atoms with E-state index in [-0.39, 0.29) is 5.56 Å². The summed E-state index contributed by atoms with van der Waals surface area (Å²) in [6, 6.07) is 20.3. The summed E-state index contributed by atoms with van der Waals surface area (Å²) in [5, 5.41) is 14.6. The summed E-state index contributed by atoms with van der Waals surface area (Å²) in [5.41, 5.74) is 4.27. The molecule has 5 nitrogen and oxygen atoms in total. The van der Waals surface area contributed by atoms with Gasteiger partial charge in [-0.3, -0.25) is 4.98 Å². The Morgan fingerprint density at radius 3 is 2.48 bits per heavy atom. The van der Waals surface area contributed by atoms with E-state index >= 15 is 0 Å². The number of rotatable bonds is 5. The SMILES string of the molecule is O=C(O)c1ccnc(/C=C/c2cn(-c3ccccc3)nc2-c2ccc(Cl)cc2)c1. The van der Waals surface area contributed by atoms with Crippen molar-refractivity contribution in [3.8, 4) is 16.9 Å². The fourth-order valence-electron chi connectivity index (χ4n) is 2.90. The topological polar surface area (TPSA) is 68.0 Å². The molecular weight excluding hydrogens is 386 g/mol. The van der Waals surface area contributed by atoms with Crippen molar-refractivity contribution < 1.29 is 9.90 Å². The number of para-hydroxylation sites is 1. The predicted molar refractivity (Wildman–Crippen MR) is 114 cm³/mol. The number of carboxylic acid groups (broad SMARTS) is 1. The molecule has 1 N–H and O–H groups in total. The van der Waals surface area contributed by atoms with Gasteiger partial charge in [0.05, 0.1) is 22.6 Å². The lowest BCUT2D eigenvalue weighted by Gasteiger charge is -2.01. The number of aromatic nitrogens is 3. The fraction of sp³-hybridized carbons (Fsp3) is 0. The van der Waals surface area contributed by atoms with Gasteiger partial charge in [0.1, 0.15) is 0 Å². The Morgan fingerprint density at radius 1 is 1.00 bits per heavy atom. The van der Waals surface area contributed by atoms with Gasteiger partial charge in [-0.15, -0.1) is 0 Å². The van der Waals surface area contributed by atoms with Crippen molar-refractivity contribution in [1.82, 2.24) is 14.8 Å². The van der Waals surface area contributed by atoms with Crippen molar-refractivity contribution in [1.29, 1.82) is 0 Å². The summed E-state index contributed by atoms with van der Waals surface area (Å²) >= 11 is 6.03. The molecule has 6 heteroatoms. The molecule has 4 aromatic rings. The third kappa shape index (κ3) is 4.25. The molecule has 0 saturated heterocycles. The Kier molecular flexibility index (Phi) is 5.22. The minimum atomic E-state index is -0.985. The van der Waals surface area contributed by atoms with Crippen molar-refractivity contribution in [3.63, 3.8) is 0 Å². The summed E-state index contributed by atoms with van der Waals surface area (Å²) in [6.07, 6.45) is 7.07. The molecule has 0 aliphatic carbocycles. The molecule has 0 unspecified atom stereocenters. The van der Waals surface area contributed by atoms with Gasteiger partial charge in [0.15, 0.2) is 0 Å². The summed E-state index contributed by atoms with van der Waals surface area (Å²) in [7, 11) is 0. The minimum Gasteiger partial charge on any atom is -0.478 e. The van der Waals surface area contributed by atoms with Crippen LogP contribution in [0.4, 0.5) is 0 Å². The van der Waals surface area contributed by atoms with Crippen LogP contribution in [0.5, 0.6) is 0 Å². The highest BCUT2D eigenvalue weighted by molar-refractivity contribution is 6.30. The maximum absolute atomic E-state index is 11.2. The van der Waals surface area contributed by atoms with Crippen LogP contribution in [0.15, 0.2) is 79.1 Å². The molecule has 0 fully saturated rings. The second kappa shape index (κ2) is 8.12. The van der Waals surface area contributed by atoms with Gasteiger partial charge in [0.2, 0.25) is 0 Å². The first-order valence-electron chi connectivity index (χ1n) is 8.88. The van der Waals surface area contributed by atoms with Gasteiger partial charge in [-0.05, 0) is 48.6 Å². The van der Waals surface area contributed by atoms with E-state index in [2.05, 4.69) is 4.98 Å². The van der Waals surface area contributed by atoms with Gasteiger partial charge in [-0.1, -0.05) is 41.9 Å². The van der Waals surface area contributed by atoms with Crippen molar-refractivity contribution >= 4 is 29.7 Å². The molecule has 142 valence electrons. The van der Waals surface area contributed by atoms with Gasteiger partial charge in [-0.25, -0.2) is 9.48 Å². The zero-order valence-corrected chi connectivity index (χ0v) is 16.0. The first kappa shape index (κ1) is 18.7. The van der Waals surface area contributed by atoms with Crippen LogP contribution in [0.3, 0.4) is 0 Å². The van der Waals surface area contributed by atoms with Crippen LogP contribution in [0.1, 0.15) is 21.6 Å². The molecule has 0 bridgehead atoms. The van der Waals surface area contributed by atoms with Crippen LogP contribution in [0, 0.1) is 0 Å². The third-order valence-corrected chi connectivity index (χ3v) is 4.59. The first-order valence-corrected chi connectivity index (χ1v) is 9.26. The van der Waals surface area contributed by atoms with Crippen LogP contribution in [0.2, 0.25) is 5.02 Å². The van der Waals surface area contributed by atoms with Crippen molar-refractivity contribution in [2.45, 2.75) is 0 Å². The zero-order valence-electron chi connectivity index (χ0n) is 15.2. The van der Waals surface area contributed by atoms with Crippen LogP contribution in [0.25, 0.3) is 29.1 Å². The van der Waals surface area contributed by atoms with Crippen LogP contribution < -0.4 is 0 Å². The molecule has 0 aliphatic rings. The molecule has 0 aliphatic heterocycles. The molecule has 0 spiro atoms. The summed E-state index contributed by atoms with van der Waals surface area (Å²) in [4.78, 5) is 15.4. The van der Waals surface area contributed by atoms with Crippen LogP contribution in [-0.4, -0.2) is 25.8 Å². The Labute approximate surface area is 172 Å². The molecule has 2 heterocycles. The van der Waals surface area contributed by atoms with E-state index in [4.69, 9.17) is 21.8 Å². The smallest absolute Gasteiger partial charge is 0.335 e. The molecule has 29 heavy (non-hydrogen) atoms. The minimum absolute atomic E-state index is 0.192. The predicted octanol–water partition coefficient (Wildman–Crippen LogP) is 5.46. The molecule has 0 amide bonds. The number of carbonyl (C=O) groups is 1. The monoisotopic (exact) mass is 401 g/mol. The van der Waals surface area contributed by atoms with Crippen molar-refractivity contribution in [3.05, 3.63) is 101 Å². The Bertz CT molecular complexity index is 1180. The molecule has 2 aromatic carbocycles. The van der Waals surface area contributed by atoms with Gasteiger partial charge >= 0.3 is 5.97 Å². The highest BCUT2D eigenvalue weighted by Crippen LogP contribution is 2.26. The number of hydrogen-bond acceptors (Lipinski definition) is 3. The molecule has 0 radical (unpaired) electrons. The number of pyridine rings is 1. The lowest BCUT2D eigenvalue weighted by Crippen LogP contribution is -1.96. The van der Waals surface area contributed by atoms with E-state index in [1.54, 1.807) is 6.08 Å². The largest absolute Gasteiger partial charge is 0.478 e. The Balaban J connectivity index is 1.76. The number of aromatic carboxylic acids is 1. The number of benzene rings is 2.